The van der Waals surface area contributed by atoms with Crippen LogP contribution in [0.15, 0.2) is 60.8 Å². The molecule has 1 aliphatic rings. The molecule has 0 bridgehead atoms. The number of benzene rings is 2. The van der Waals surface area contributed by atoms with Gasteiger partial charge in [-0.05, 0) is 79.7 Å². The smallest absolute Gasteiger partial charge is 0.434 e. The number of halogens is 7. The molecule has 0 saturated carbocycles. The number of hydrogen-bond acceptors (Lipinski definition) is 5. The first-order chi connectivity index (χ1) is 21.2. The van der Waals surface area contributed by atoms with Crippen molar-refractivity contribution in [2.24, 2.45) is 0 Å². The third-order valence-corrected chi connectivity index (χ3v) is 7.66. The van der Waals surface area contributed by atoms with Gasteiger partial charge in [-0.2, -0.15) is 31.4 Å². The average Bonchev–Trinajstić information content (AvgIpc) is 3.44. The largest absolute Gasteiger partial charge is 0.485 e. The van der Waals surface area contributed by atoms with E-state index in [0.717, 1.165) is 22.8 Å². The van der Waals surface area contributed by atoms with Gasteiger partial charge in [0.2, 0.25) is 0 Å². The van der Waals surface area contributed by atoms with Crippen LogP contribution in [-0.4, -0.2) is 56.6 Å². The predicted octanol–water partition coefficient (Wildman–Crippen LogP) is 7.42. The van der Waals surface area contributed by atoms with Crippen LogP contribution < -0.4 is 4.74 Å². The number of ether oxygens (including phenoxy) is 1. The van der Waals surface area contributed by atoms with E-state index in [2.05, 4.69) is 10.1 Å². The Bertz CT molecular complexity index is 1690. The highest BCUT2D eigenvalue weighted by Crippen LogP contribution is 2.36. The van der Waals surface area contributed by atoms with Crippen LogP contribution in [0.25, 0.3) is 17.1 Å². The van der Waals surface area contributed by atoms with E-state index in [1.165, 1.54) is 35.2 Å². The molecule has 7 nitrogen and oxygen atoms in total. The van der Waals surface area contributed by atoms with Crippen LogP contribution in [0.1, 0.15) is 51.5 Å². The number of carboxylic acids is 1. The lowest BCUT2D eigenvalue weighted by atomic mass is 9.88. The summed E-state index contributed by atoms with van der Waals surface area (Å²) >= 11 is 0. The summed E-state index contributed by atoms with van der Waals surface area (Å²) in [6.07, 6.45) is -7.51. The molecule has 238 valence electrons. The fourth-order valence-corrected chi connectivity index (χ4v) is 5.46. The number of aromatic nitrogens is 3. The number of carbonyl (C=O) groups is 1. The number of hydrogen-bond donors (Lipinski definition) is 1. The molecule has 1 fully saturated rings. The molecule has 0 spiro atoms. The first kappa shape index (κ1) is 31.9. The highest BCUT2D eigenvalue weighted by Gasteiger charge is 2.41. The van der Waals surface area contributed by atoms with Crippen LogP contribution in [0.4, 0.5) is 30.7 Å². The first-order valence-corrected chi connectivity index (χ1v) is 13.9. The summed E-state index contributed by atoms with van der Waals surface area (Å²) in [5.41, 5.74) is 0.229. The second kappa shape index (κ2) is 12.5. The van der Waals surface area contributed by atoms with Gasteiger partial charge in [0.1, 0.15) is 12.2 Å². The maximum absolute atomic E-state index is 15.1. The number of aromatic carboxylic acids is 1. The summed E-state index contributed by atoms with van der Waals surface area (Å²) in [6, 6.07) is 13.7. The zero-order valence-corrected chi connectivity index (χ0v) is 23.8. The number of para-hydroxylation sites is 1. The molecule has 2 aromatic carbocycles. The van der Waals surface area contributed by atoms with Gasteiger partial charge in [-0.15, -0.1) is 0 Å². The molecule has 0 amide bonds. The van der Waals surface area contributed by atoms with E-state index in [-0.39, 0.29) is 35.3 Å². The van der Waals surface area contributed by atoms with Gasteiger partial charge < -0.3 is 9.84 Å². The number of pyridine rings is 1. The number of aryl methyl sites for hydroxylation is 1. The van der Waals surface area contributed by atoms with Crippen molar-refractivity contribution in [3.63, 3.8) is 0 Å². The van der Waals surface area contributed by atoms with E-state index in [1.54, 1.807) is 0 Å². The molecular weight excluding hydrogens is 609 g/mol. The van der Waals surface area contributed by atoms with Gasteiger partial charge in [0.05, 0.1) is 18.4 Å². The maximum Gasteiger partial charge on any atom is 0.434 e. The Kier molecular flexibility index (Phi) is 8.88. The van der Waals surface area contributed by atoms with Crippen molar-refractivity contribution in [1.29, 1.82) is 0 Å². The normalized spacial score (nSPS) is 14.9. The van der Waals surface area contributed by atoms with E-state index in [0.29, 0.717) is 36.8 Å². The van der Waals surface area contributed by atoms with Gasteiger partial charge in [-0.1, -0.05) is 30.3 Å². The van der Waals surface area contributed by atoms with Crippen molar-refractivity contribution in [1.82, 2.24) is 19.7 Å². The van der Waals surface area contributed by atoms with Crippen LogP contribution in [-0.2, 0) is 12.8 Å². The summed E-state index contributed by atoms with van der Waals surface area (Å²) < 4.78 is 101. The van der Waals surface area contributed by atoms with Gasteiger partial charge in [0.15, 0.2) is 23.1 Å². The standard InChI is InChI=1S/C31H27F7N4O3/c1-18-14-20(19-10-12-41(13-11-19)17-30(33,34)35)8-9-21(18)16-45-27-22(4-2-5-24(27)32)25-6-3-7-26(40-25)42-28(31(36,37)38)23(15-39-42)29(43)44/h2-9,14-15,19H,10-13,16-17H2,1H3,(H,43,44). The molecular formula is C31H27F7N4O3. The minimum absolute atomic E-state index is 0.0525. The van der Waals surface area contributed by atoms with Crippen molar-refractivity contribution in [2.75, 3.05) is 19.6 Å². The Balaban J connectivity index is 1.35. The number of rotatable bonds is 8. The number of piperidine rings is 1. The molecule has 3 heterocycles. The molecule has 1 N–H and O–H groups in total. The van der Waals surface area contributed by atoms with Crippen LogP contribution in [0.3, 0.4) is 0 Å². The minimum Gasteiger partial charge on any atom is -0.485 e. The Hall–Kier alpha value is -4.46. The molecule has 45 heavy (non-hydrogen) atoms. The second-order valence-corrected chi connectivity index (χ2v) is 10.8. The lowest BCUT2D eigenvalue weighted by molar-refractivity contribution is -0.148. The average molecular weight is 637 g/mol. The molecule has 5 rings (SSSR count). The van der Waals surface area contributed by atoms with Gasteiger partial charge in [-0.3, -0.25) is 4.90 Å². The predicted molar refractivity (Wildman–Crippen MR) is 149 cm³/mol. The molecule has 1 aliphatic heterocycles. The van der Waals surface area contributed by atoms with Crippen molar-refractivity contribution in [2.45, 2.75) is 44.6 Å². The molecule has 1 saturated heterocycles. The summed E-state index contributed by atoms with van der Waals surface area (Å²) in [6.45, 7) is 1.57. The fraction of sp³-hybridized carbons (Fsp3) is 0.323. The van der Waals surface area contributed by atoms with E-state index >= 15 is 4.39 Å². The third-order valence-electron chi connectivity index (χ3n) is 7.66. The van der Waals surface area contributed by atoms with Crippen molar-refractivity contribution < 1.29 is 45.4 Å². The van der Waals surface area contributed by atoms with Gasteiger partial charge in [-0.25, -0.2) is 18.9 Å². The molecule has 0 unspecified atom stereocenters. The van der Waals surface area contributed by atoms with E-state index < -0.39 is 41.9 Å². The Labute approximate surface area is 252 Å². The maximum atomic E-state index is 15.1. The third kappa shape index (κ3) is 7.27. The van der Waals surface area contributed by atoms with Crippen LogP contribution >= 0.6 is 0 Å². The topological polar surface area (TPSA) is 80.5 Å². The van der Waals surface area contributed by atoms with Gasteiger partial charge in [0, 0.05) is 5.56 Å². The highest BCUT2D eigenvalue weighted by molar-refractivity contribution is 5.89. The SMILES string of the molecule is Cc1cc(C2CCN(CC(F)(F)F)CC2)ccc1COc1c(F)cccc1-c1cccc(-n2ncc(C(=O)O)c2C(F)(F)F)n1. The molecule has 4 aromatic rings. The van der Waals surface area contributed by atoms with Crippen molar-refractivity contribution in [3.8, 4) is 22.8 Å². The second-order valence-electron chi connectivity index (χ2n) is 10.8. The first-order valence-electron chi connectivity index (χ1n) is 13.9. The Morgan fingerprint density at radius 1 is 1.02 bits per heavy atom. The zero-order chi connectivity index (χ0) is 32.5. The van der Waals surface area contributed by atoms with Gasteiger partial charge in [0.25, 0.3) is 0 Å². The van der Waals surface area contributed by atoms with Crippen LogP contribution in [0.5, 0.6) is 5.75 Å². The van der Waals surface area contributed by atoms with E-state index in [9.17, 15) is 36.2 Å². The quantitative estimate of drug-likeness (QED) is 0.203. The van der Waals surface area contributed by atoms with E-state index in [4.69, 9.17) is 4.74 Å². The van der Waals surface area contributed by atoms with Crippen molar-refractivity contribution >= 4 is 5.97 Å². The molecule has 0 atom stereocenters. The van der Waals surface area contributed by atoms with Crippen molar-refractivity contribution in [3.05, 3.63) is 94.6 Å². The van der Waals surface area contributed by atoms with Gasteiger partial charge >= 0.3 is 18.3 Å². The molecule has 2 aromatic heterocycles. The lowest BCUT2D eigenvalue weighted by Crippen LogP contribution is -2.39. The monoisotopic (exact) mass is 636 g/mol. The van der Waals surface area contributed by atoms with Crippen LogP contribution in [0, 0.1) is 12.7 Å². The summed E-state index contributed by atoms with van der Waals surface area (Å²) in [4.78, 5) is 17.0. The van der Waals surface area contributed by atoms with E-state index in [1.807, 2.05) is 25.1 Å². The number of nitrogens with zero attached hydrogens (tertiary/aromatic N) is 4. The lowest BCUT2D eigenvalue weighted by Gasteiger charge is -2.32. The summed E-state index contributed by atoms with van der Waals surface area (Å²) in [5, 5.41) is 12.8. The Morgan fingerprint density at radius 3 is 2.38 bits per heavy atom. The fourth-order valence-electron chi connectivity index (χ4n) is 5.46. The highest BCUT2D eigenvalue weighted by atomic mass is 19.4. The number of alkyl halides is 6. The molecule has 0 aliphatic carbocycles. The number of carboxylic acid groups (broad SMARTS) is 1. The molecule has 14 heteroatoms. The Morgan fingerprint density at radius 2 is 1.73 bits per heavy atom. The summed E-state index contributed by atoms with van der Waals surface area (Å²) in [7, 11) is 0. The molecule has 0 radical (unpaired) electrons. The van der Waals surface area contributed by atoms with Crippen LogP contribution in [0.2, 0.25) is 0 Å². The zero-order valence-electron chi connectivity index (χ0n) is 23.8. The number of likely N-dealkylation sites (tertiary alicyclic amines) is 1. The summed E-state index contributed by atoms with van der Waals surface area (Å²) in [5.74, 6) is -2.95. The minimum atomic E-state index is -5.05.